The summed E-state index contributed by atoms with van der Waals surface area (Å²) in [5.74, 6) is -2.12. The SMILES string of the molecule is CC(C)c1ccc(C2/C(=C(\[O-])c3ccc(F)cc3)C(=O)C(=O)N2CC[NH+](C)C)cc1. The first-order valence-corrected chi connectivity index (χ1v) is 10.1. The number of Topliss-reactive ketones (excluding diaryl/α,β-unsaturated/α-hetero) is 1. The van der Waals surface area contributed by atoms with Crippen molar-refractivity contribution in [1.29, 1.82) is 0 Å². The molecule has 1 aliphatic rings. The van der Waals surface area contributed by atoms with E-state index in [0.29, 0.717) is 19.0 Å². The summed E-state index contributed by atoms with van der Waals surface area (Å²) in [7, 11) is 3.92. The van der Waals surface area contributed by atoms with Crippen LogP contribution in [0.3, 0.4) is 0 Å². The molecule has 30 heavy (non-hydrogen) atoms. The summed E-state index contributed by atoms with van der Waals surface area (Å²) in [5.41, 5.74) is 1.97. The summed E-state index contributed by atoms with van der Waals surface area (Å²) in [4.78, 5) is 28.3. The number of nitrogens with zero attached hydrogens (tertiary/aromatic N) is 1. The molecule has 3 rings (SSSR count). The van der Waals surface area contributed by atoms with E-state index in [1.807, 2.05) is 38.4 Å². The molecular weight excluding hydrogens is 383 g/mol. The summed E-state index contributed by atoms with van der Waals surface area (Å²) in [6.45, 7) is 5.15. The fraction of sp³-hybridized carbons (Fsp3) is 0.333. The van der Waals surface area contributed by atoms with Gasteiger partial charge in [0.15, 0.2) is 0 Å². The third-order valence-electron chi connectivity index (χ3n) is 5.41. The number of hydrogen-bond donors (Lipinski definition) is 1. The number of ketones is 1. The average molecular weight is 410 g/mol. The zero-order chi connectivity index (χ0) is 22.0. The van der Waals surface area contributed by atoms with E-state index in [-0.39, 0.29) is 11.1 Å². The van der Waals surface area contributed by atoms with Crippen molar-refractivity contribution in [1.82, 2.24) is 4.90 Å². The average Bonchev–Trinajstić information content (AvgIpc) is 2.97. The minimum atomic E-state index is -0.781. The van der Waals surface area contributed by atoms with Crippen molar-refractivity contribution in [2.75, 3.05) is 27.2 Å². The molecule has 1 amide bonds. The monoisotopic (exact) mass is 410 g/mol. The number of halogens is 1. The fourth-order valence-corrected chi connectivity index (χ4v) is 3.61. The number of amides is 1. The number of hydrogen-bond acceptors (Lipinski definition) is 3. The van der Waals surface area contributed by atoms with Crippen molar-refractivity contribution in [2.24, 2.45) is 0 Å². The molecule has 6 heteroatoms. The molecule has 5 nitrogen and oxygen atoms in total. The molecule has 1 unspecified atom stereocenters. The molecule has 0 bridgehead atoms. The van der Waals surface area contributed by atoms with Crippen LogP contribution in [0.4, 0.5) is 4.39 Å². The highest BCUT2D eigenvalue weighted by molar-refractivity contribution is 6.46. The van der Waals surface area contributed by atoms with Crippen LogP contribution in [0.25, 0.3) is 5.76 Å². The Hall–Kier alpha value is -2.99. The number of nitrogens with one attached hydrogen (secondary N) is 1. The third kappa shape index (κ3) is 4.28. The van der Waals surface area contributed by atoms with Gasteiger partial charge in [0.05, 0.1) is 33.2 Å². The van der Waals surface area contributed by atoms with Gasteiger partial charge in [0.2, 0.25) is 5.78 Å². The Morgan fingerprint density at radius 1 is 1.07 bits per heavy atom. The van der Waals surface area contributed by atoms with E-state index in [4.69, 9.17) is 0 Å². The molecule has 0 aromatic heterocycles. The Balaban J connectivity index is 2.12. The van der Waals surface area contributed by atoms with E-state index in [9.17, 15) is 19.1 Å². The maximum Gasteiger partial charge on any atom is 0.295 e. The van der Waals surface area contributed by atoms with Crippen LogP contribution in [0, 0.1) is 5.82 Å². The summed E-state index contributed by atoms with van der Waals surface area (Å²) < 4.78 is 13.3. The number of rotatable bonds is 6. The van der Waals surface area contributed by atoms with E-state index >= 15 is 0 Å². The quantitative estimate of drug-likeness (QED) is 0.444. The Labute approximate surface area is 176 Å². The minimum Gasteiger partial charge on any atom is -0.872 e. The molecule has 0 saturated carbocycles. The van der Waals surface area contributed by atoms with Crippen molar-refractivity contribution in [3.63, 3.8) is 0 Å². The molecule has 1 heterocycles. The zero-order valence-corrected chi connectivity index (χ0v) is 17.7. The second kappa shape index (κ2) is 8.79. The number of benzene rings is 2. The summed E-state index contributed by atoms with van der Waals surface area (Å²) in [6.07, 6.45) is 0. The standard InChI is InChI=1S/C24H27FN2O3/c1-15(2)16-5-7-17(8-6-16)21-20(22(28)18-9-11-19(25)12-10-18)23(29)24(30)27(21)14-13-26(3)4/h5-12,15,21,28H,13-14H2,1-4H3/b22-20+. The highest BCUT2D eigenvalue weighted by Crippen LogP contribution is 2.38. The Morgan fingerprint density at radius 3 is 2.20 bits per heavy atom. The van der Waals surface area contributed by atoms with Crippen LogP contribution in [0.15, 0.2) is 54.1 Å². The molecular formula is C24H27FN2O3. The van der Waals surface area contributed by atoms with Crippen molar-refractivity contribution in [2.45, 2.75) is 25.8 Å². The minimum absolute atomic E-state index is 0.0716. The van der Waals surface area contributed by atoms with Gasteiger partial charge in [-0.25, -0.2) is 4.39 Å². The van der Waals surface area contributed by atoms with E-state index < -0.39 is 29.3 Å². The lowest BCUT2D eigenvalue weighted by Gasteiger charge is -2.28. The third-order valence-corrected chi connectivity index (χ3v) is 5.41. The smallest absolute Gasteiger partial charge is 0.295 e. The number of carbonyl (C=O) groups is 2. The first-order valence-electron chi connectivity index (χ1n) is 10.1. The van der Waals surface area contributed by atoms with Crippen LogP contribution in [0.1, 0.15) is 42.5 Å². The predicted molar refractivity (Wildman–Crippen MR) is 111 cm³/mol. The second-order valence-electron chi connectivity index (χ2n) is 8.26. The predicted octanol–water partition coefficient (Wildman–Crippen LogP) is 1.32. The van der Waals surface area contributed by atoms with Gasteiger partial charge in [-0.15, -0.1) is 0 Å². The zero-order valence-electron chi connectivity index (χ0n) is 17.7. The van der Waals surface area contributed by atoms with Crippen LogP contribution < -0.4 is 10.0 Å². The van der Waals surface area contributed by atoms with Gasteiger partial charge < -0.3 is 14.9 Å². The lowest BCUT2D eigenvalue weighted by Crippen LogP contribution is -3.06. The molecule has 1 atom stereocenters. The summed E-state index contributed by atoms with van der Waals surface area (Å²) in [5, 5.41) is 13.2. The van der Waals surface area contributed by atoms with Gasteiger partial charge in [-0.05, 0) is 34.7 Å². The lowest BCUT2D eigenvalue weighted by atomic mass is 9.93. The molecule has 0 radical (unpaired) electrons. The first kappa shape index (κ1) is 21.7. The highest BCUT2D eigenvalue weighted by Gasteiger charge is 2.44. The van der Waals surface area contributed by atoms with E-state index in [1.165, 1.54) is 29.2 Å². The van der Waals surface area contributed by atoms with Crippen LogP contribution in [-0.2, 0) is 9.59 Å². The van der Waals surface area contributed by atoms with E-state index in [1.54, 1.807) is 0 Å². The topological polar surface area (TPSA) is 64.9 Å². The van der Waals surface area contributed by atoms with Crippen molar-refractivity contribution in [3.05, 3.63) is 76.6 Å². The molecule has 1 N–H and O–H groups in total. The molecule has 0 spiro atoms. The second-order valence-corrected chi connectivity index (χ2v) is 8.26. The van der Waals surface area contributed by atoms with Crippen molar-refractivity contribution < 1.29 is 24.0 Å². The van der Waals surface area contributed by atoms with Gasteiger partial charge in [-0.1, -0.05) is 56.0 Å². The van der Waals surface area contributed by atoms with E-state index in [2.05, 4.69) is 13.8 Å². The lowest BCUT2D eigenvalue weighted by molar-refractivity contribution is -0.857. The van der Waals surface area contributed by atoms with E-state index in [0.717, 1.165) is 16.0 Å². The van der Waals surface area contributed by atoms with Gasteiger partial charge in [0, 0.05) is 5.57 Å². The van der Waals surface area contributed by atoms with Gasteiger partial charge in [-0.2, -0.15) is 0 Å². The normalized spacial score (nSPS) is 18.6. The number of likely N-dealkylation sites (tertiary alicyclic amines) is 1. The van der Waals surface area contributed by atoms with Crippen molar-refractivity contribution in [3.8, 4) is 0 Å². The van der Waals surface area contributed by atoms with Crippen LogP contribution in [0.5, 0.6) is 0 Å². The molecule has 0 aliphatic carbocycles. The summed E-state index contributed by atoms with van der Waals surface area (Å²) >= 11 is 0. The maximum absolute atomic E-state index is 13.3. The molecule has 2 aromatic rings. The highest BCUT2D eigenvalue weighted by atomic mass is 19.1. The maximum atomic E-state index is 13.3. The molecule has 1 fully saturated rings. The van der Waals surface area contributed by atoms with Gasteiger partial charge in [0.1, 0.15) is 5.82 Å². The Kier molecular flexibility index (Phi) is 6.37. The molecule has 1 aliphatic heterocycles. The first-order chi connectivity index (χ1) is 14.2. The number of likely N-dealkylation sites (N-methyl/N-ethyl adjacent to an activating group) is 1. The van der Waals surface area contributed by atoms with Crippen molar-refractivity contribution >= 4 is 17.4 Å². The number of quaternary nitrogens is 1. The van der Waals surface area contributed by atoms with Gasteiger partial charge >= 0.3 is 0 Å². The van der Waals surface area contributed by atoms with Crippen LogP contribution >= 0.6 is 0 Å². The van der Waals surface area contributed by atoms with Crippen LogP contribution in [-0.4, -0.2) is 43.8 Å². The number of carbonyl (C=O) groups excluding carboxylic acids is 2. The largest absolute Gasteiger partial charge is 0.872 e. The fourth-order valence-electron chi connectivity index (χ4n) is 3.61. The molecule has 158 valence electrons. The van der Waals surface area contributed by atoms with Gasteiger partial charge in [0.25, 0.3) is 5.91 Å². The molecule has 2 aromatic carbocycles. The van der Waals surface area contributed by atoms with Crippen LogP contribution in [0.2, 0.25) is 0 Å². The molecule has 1 saturated heterocycles. The van der Waals surface area contributed by atoms with Gasteiger partial charge in [-0.3, -0.25) is 9.59 Å². The Bertz CT molecular complexity index is 963. The Morgan fingerprint density at radius 2 is 1.67 bits per heavy atom. The summed E-state index contributed by atoms with van der Waals surface area (Å²) in [6, 6.07) is 12.0.